The summed E-state index contributed by atoms with van der Waals surface area (Å²) in [6.07, 6.45) is 1.51. The number of carbonyl (C=O) groups excluding carboxylic acids is 1. The molecule has 2 N–H and O–H groups in total. The molecule has 150 valence electrons. The van der Waals surface area contributed by atoms with Crippen LogP contribution < -0.4 is 10.6 Å². The molecule has 2 heterocycles. The number of amides is 1. The molecule has 1 aliphatic rings. The molecule has 2 aromatic rings. The quantitative estimate of drug-likeness (QED) is 0.554. The Balaban J connectivity index is 1.41. The van der Waals surface area contributed by atoms with Gasteiger partial charge in [0.05, 0.1) is 12.2 Å². The van der Waals surface area contributed by atoms with Gasteiger partial charge >= 0.3 is 0 Å². The van der Waals surface area contributed by atoms with E-state index >= 15 is 0 Å². The zero-order valence-electron chi connectivity index (χ0n) is 16.9. The Morgan fingerprint density at radius 2 is 2.07 bits per heavy atom. The monoisotopic (exact) mass is 399 g/mol. The highest BCUT2D eigenvalue weighted by atomic mass is 32.1. The summed E-state index contributed by atoms with van der Waals surface area (Å²) in [5, 5.41) is 7.72. The first-order valence-electron chi connectivity index (χ1n) is 9.74. The van der Waals surface area contributed by atoms with E-state index in [0.29, 0.717) is 18.9 Å². The predicted octanol–water partition coefficient (Wildman–Crippen LogP) is 2.52. The van der Waals surface area contributed by atoms with Gasteiger partial charge in [0.25, 0.3) is 0 Å². The van der Waals surface area contributed by atoms with E-state index in [9.17, 15) is 4.79 Å². The average molecular weight is 400 g/mol. The van der Waals surface area contributed by atoms with Gasteiger partial charge in [0.1, 0.15) is 5.01 Å². The van der Waals surface area contributed by atoms with Crippen LogP contribution in [0.25, 0.3) is 0 Å². The molecule has 0 radical (unpaired) electrons. The van der Waals surface area contributed by atoms with Crippen molar-refractivity contribution in [2.45, 2.75) is 33.2 Å². The second-order valence-electron chi connectivity index (χ2n) is 7.20. The summed E-state index contributed by atoms with van der Waals surface area (Å²) in [5.74, 6) is 1.31. The third-order valence-corrected chi connectivity index (χ3v) is 6.14. The number of aliphatic imine (C=N–C) groups is 1. The maximum Gasteiger partial charge on any atom is 0.223 e. The minimum atomic E-state index is 0.249. The van der Waals surface area contributed by atoms with Crippen LogP contribution in [0.5, 0.6) is 0 Å². The SMILES string of the molecule is CN=C(NCc1nc(C)c(C)s1)NCC1CC(=O)N(CCc2ccccc2)C1. The second-order valence-corrected chi connectivity index (χ2v) is 8.49. The van der Waals surface area contributed by atoms with E-state index < -0.39 is 0 Å². The molecule has 1 fully saturated rings. The van der Waals surface area contributed by atoms with Crippen LogP contribution in [0.4, 0.5) is 0 Å². The molecule has 7 heteroatoms. The maximum atomic E-state index is 12.3. The smallest absolute Gasteiger partial charge is 0.223 e. The van der Waals surface area contributed by atoms with Gasteiger partial charge < -0.3 is 15.5 Å². The standard InChI is InChI=1S/C21H29N5OS/c1-15-16(2)28-19(25-15)13-24-21(22-3)23-12-18-11-20(27)26(14-18)10-9-17-7-5-4-6-8-17/h4-8,18H,9-14H2,1-3H3,(H2,22,23,24). The highest BCUT2D eigenvalue weighted by Gasteiger charge is 2.29. The third kappa shape index (κ3) is 5.55. The lowest BCUT2D eigenvalue weighted by Gasteiger charge is -2.17. The van der Waals surface area contributed by atoms with Crippen molar-refractivity contribution in [3.63, 3.8) is 0 Å². The molecule has 1 atom stereocenters. The molecule has 1 aromatic carbocycles. The van der Waals surface area contributed by atoms with Gasteiger partial charge in [-0.25, -0.2) is 4.98 Å². The molecule has 0 aliphatic carbocycles. The van der Waals surface area contributed by atoms with Gasteiger partial charge in [-0.1, -0.05) is 30.3 Å². The Labute approximate surface area is 171 Å². The van der Waals surface area contributed by atoms with Crippen LogP contribution in [0.1, 0.15) is 27.6 Å². The second kappa shape index (κ2) is 9.68. The summed E-state index contributed by atoms with van der Waals surface area (Å²) in [5.41, 5.74) is 2.36. The van der Waals surface area contributed by atoms with E-state index in [1.165, 1.54) is 10.4 Å². The summed E-state index contributed by atoms with van der Waals surface area (Å²) in [6, 6.07) is 10.3. The first-order chi connectivity index (χ1) is 13.5. The number of nitrogens with zero attached hydrogens (tertiary/aromatic N) is 3. The van der Waals surface area contributed by atoms with Crippen LogP contribution in [-0.2, 0) is 17.8 Å². The molecular weight excluding hydrogens is 370 g/mol. The van der Waals surface area contributed by atoms with Gasteiger partial charge in [0.15, 0.2) is 5.96 Å². The van der Waals surface area contributed by atoms with Crippen molar-refractivity contribution in [1.29, 1.82) is 0 Å². The zero-order valence-corrected chi connectivity index (χ0v) is 17.7. The van der Waals surface area contributed by atoms with Gasteiger partial charge in [0, 0.05) is 43.9 Å². The number of hydrogen-bond acceptors (Lipinski definition) is 4. The molecule has 1 amide bonds. The number of aromatic nitrogens is 1. The Bertz CT molecular complexity index is 798. The van der Waals surface area contributed by atoms with Crippen molar-refractivity contribution in [3.8, 4) is 0 Å². The Kier molecular flexibility index (Phi) is 7.03. The normalized spacial score (nSPS) is 17.2. The topological polar surface area (TPSA) is 69.6 Å². The highest BCUT2D eigenvalue weighted by Crippen LogP contribution is 2.18. The lowest BCUT2D eigenvalue weighted by molar-refractivity contribution is -0.127. The first-order valence-corrected chi connectivity index (χ1v) is 10.6. The van der Waals surface area contributed by atoms with Gasteiger partial charge in [-0.05, 0) is 25.8 Å². The highest BCUT2D eigenvalue weighted by molar-refractivity contribution is 7.11. The van der Waals surface area contributed by atoms with Crippen LogP contribution in [0.15, 0.2) is 35.3 Å². The number of aryl methyl sites for hydroxylation is 2. The Hall–Kier alpha value is -2.41. The third-order valence-electron chi connectivity index (χ3n) is 5.07. The molecule has 1 unspecified atom stereocenters. The number of nitrogens with one attached hydrogen (secondary N) is 2. The van der Waals surface area contributed by atoms with Crippen LogP contribution in [0.3, 0.4) is 0 Å². The number of rotatable bonds is 7. The molecule has 0 spiro atoms. The van der Waals surface area contributed by atoms with Crippen molar-refractivity contribution in [2.75, 3.05) is 26.7 Å². The number of thiazole rings is 1. The van der Waals surface area contributed by atoms with Gasteiger partial charge in [-0.15, -0.1) is 11.3 Å². The zero-order chi connectivity index (χ0) is 19.9. The molecule has 1 saturated heterocycles. The summed E-state index contributed by atoms with van der Waals surface area (Å²) in [7, 11) is 1.76. The maximum absolute atomic E-state index is 12.3. The summed E-state index contributed by atoms with van der Waals surface area (Å²) < 4.78 is 0. The van der Waals surface area contributed by atoms with E-state index in [-0.39, 0.29) is 5.91 Å². The van der Waals surface area contributed by atoms with E-state index in [1.54, 1.807) is 18.4 Å². The lowest BCUT2D eigenvalue weighted by atomic mass is 10.1. The molecule has 1 aromatic heterocycles. The predicted molar refractivity (Wildman–Crippen MR) is 115 cm³/mol. The largest absolute Gasteiger partial charge is 0.356 e. The molecule has 1 aliphatic heterocycles. The molecular formula is C21H29N5OS. The average Bonchev–Trinajstić information content (AvgIpc) is 3.22. The summed E-state index contributed by atoms with van der Waals surface area (Å²) in [6.45, 7) is 7.11. The minimum absolute atomic E-state index is 0.249. The van der Waals surface area contributed by atoms with E-state index in [1.807, 2.05) is 30.0 Å². The lowest BCUT2D eigenvalue weighted by Crippen LogP contribution is -2.40. The van der Waals surface area contributed by atoms with Crippen LogP contribution >= 0.6 is 11.3 Å². The Morgan fingerprint density at radius 1 is 1.29 bits per heavy atom. The van der Waals surface area contributed by atoms with Gasteiger partial charge in [-0.3, -0.25) is 9.79 Å². The van der Waals surface area contributed by atoms with Crippen molar-refractivity contribution in [2.24, 2.45) is 10.9 Å². The van der Waals surface area contributed by atoms with Crippen LogP contribution in [-0.4, -0.2) is 48.4 Å². The van der Waals surface area contributed by atoms with Crippen LogP contribution in [0, 0.1) is 19.8 Å². The number of hydrogen-bond donors (Lipinski definition) is 2. The molecule has 28 heavy (non-hydrogen) atoms. The fraction of sp³-hybridized carbons (Fsp3) is 0.476. The minimum Gasteiger partial charge on any atom is -0.356 e. The van der Waals surface area contributed by atoms with Gasteiger partial charge in [-0.2, -0.15) is 0 Å². The number of likely N-dealkylation sites (tertiary alicyclic amines) is 1. The number of benzene rings is 1. The van der Waals surface area contributed by atoms with Crippen LogP contribution in [0.2, 0.25) is 0 Å². The number of carbonyl (C=O) groups is 1. The fourth-order valence-electron chi connectivity index (χ4n) is 3.35. The summed E-state index contributed by atoms with van der Waals surface area (Å²) in [4.78, 5) is 24.4. The van der Waals surface area contributed by atoms with Crippen molar-refractivity contribution in [1.82, 2.24) is 20.5 Å². The van der Waals surface area contributed by atoms with Gasteiger partial charge in [0.2, 0.25) is 5.91 Å². The van der Waals surface area contributed by atoms with Crippen molar-refractivity contribution in [3.05, 3.63) is 51.5 Å². The van der Waals surface area contributed by atoms with E-state index in [0.717, 1.165) is 42.7 Å². The first kappa shape index (κ1) is 20.3. The summed E-state index contributed by atoms with van der Waals surface area (Å²) >= 11 is 1.71. The Morgan fingerprint density at radius 3 is 2.75 bits per heavy atom. The van der Waals surface area contributed by atoms with E-state index in [2.05, 4.69) is 39.7 Å². The van der Waals surface area contributed by atoms with Crippen molar-refractivity contribution >= 4 is 23.2 Å². The molecule has 6 nitrogen and oxygen atoms in total. The fourth-order valence-corrected chi connectivity index (χ4v) is 4.22. The van der Waals surface area contributed by atoms with E-state index in [4.69, 9.17) is 0 Å². The van der Waals surface area contributed by atoms with Crippen molar-refractivity contribution < 1.29 is 4.79 Å². The molecule has 0 saturated carbocycles. The number of guanidine groups is 1. The molecule has 3 rings (SSSR count). The molecule has 0 bridgehead atoms.